The number of halogens is 2. The number of carbonyl (C=O) groups is 1. The van der Waals surface area contributed by atoms with Crippen molar-refractivity contribution in [2.24, 2.45) is 0 Å². The number of benzene rings is 2. The van der Waals surface area contributed by atoms with Gasteiger partial charge in [-0.05, 0) is 30.7 Å². The third-order valence-corrected chi connectivity index (χ3v) is 2.66. The number of amides is 1. The summed E-state index contributed by atoms with van der Waals surface area (Å²) in [5.74, 6) is -1.20. The Hall–Kier alpha value is -2.43. The topological polar surface area (TPSA) is 38.3 Å². The summed E-state index contributed by atoms with van der Waals surface area (Å²) in [6.07, 6.45) is 0. The molecule has 3 nitrogen and oxygen atoms in total. The predicted molar refractivity (Wildman–Crippen MR) is 71.7 cm³/mol. The van der Waals surface area contributed by atoms with Crippen molar-refractivity contribution in [2.75, 3.05) is 11.9 Å². The van der Waals surface area contributed by atoms with E-state index in [-0.39, 0.29) is 18.0 Å². The van der Waals surface area contributed by atoms with Gasteiger partial charge >= 0.3 is 0 Å². The van der Waals surface area contributed by atoms with Crippen LogP contribution in [0.15, 0.2) is 42.5 Å². The van der Waals surface area contributed by atoms with E-state index in [0.717, 1.165) is 0 Å². The highest BCUT2D eigenvalue weighted by Crippen LogP contribution is 2.19. The van der Waals surface area contributed by atoms with Gasteiger partial charge in [0.05, 0.1) is 5.69 Å². The van der Waals surface area contributed by atoms with Crippen LogP contribution in [0.2, 0.25) is 0 Å². The molecule has 2 rings (SSSR count). The van der Waals surface area contributed by atoms with Gasteiger partial charge in [-0.25, -0.2) is 8.78 Å². The highest BCUT2D eigenvalue weighted by atomic mass is 19.1. The number of carbonyl (C=O) groups excluding carboxylic acids is 1. The molecule has 0 aliphatic carbocycles. The maximum Gasteiger partial charge on any atom is 0.262 e. The van der Waals surface area contributed by atoms with Crippen LogP contribution in [0.5, 0.6) is 5.75 Å². The smallest absolute Gasteiger partial charge is 0.262 e. The van der Waals surface area contributed by atoms with Crippen LogP contribution in [0.4, 0.5) is 14.5 Å². The van der Waals surface area contributed by atoms with Crippen molar-refractivity contribution >= 4 is 11.6 Å². The lowest BCUT2D eigenvalue weighted by Crippen LogP contribution is -2.21. The normalized spacial score (nSPS) is 10.2. The number of ether oxygens (including phenoxy) is 1. The van der Waals surface area contributed by atoms with E-state index in [9.17, 15) is 13.6 Å². The van der Waals surface area contributed by atoms with Crippen LogP contribution in [0, 0.1) is 18.6 Å². The first-order valence-corrected chi connectivity index (χ1v) is 5.99. The average Bonchev–Trinajstić information content (AvgIpc) is 2.42. The fourth-order valence-corrected chi connectivity index (χ4v) is 1.62. The first kappa shape index (κ1) is 14.0. The van der Waals surface area contributed by atoms with Crippen molar-refractivity contribution in [3.8, 4) is 5.75 Å². The molecule has 0 bridgehead atoms. The van der Waals surface area contributed by atoms with E-state index in [1.165, 1.54) is 30.3 Å². The van der Waals surface area contributed by atoms with Crippen molar-refractivity contribution in [3.63, 3.8) is 0 Å². The van der Waals surface area contributed by atoms with Crippen LogP contribution in [-0.4, -0.2) is 12.5 Å². The molecule has 2 aromatic rings. The average molecular weight is 277 g/mol. The summed E-state index contributed by atoms with van der Waals surface area (Å²) in [5, 5.41) is 2.38. The quantitative estimate of drug-likeness (QED) is 0.931. The van der Waals surface area contributed by atoms with Gasteiger partial charge in [0, 0.05) is 6.07 Å². The fourth-order valence-electron chi connectivity index (χ4n) is 1.62. The van der Waals surface area contributed by atoms with E-state index in [1.54, 1.807) is 19.1 Å². The molecule has 0 radical (unpaired) electrons. The van der Waals surface area contributed by atoms with Gasteiger partial charge in [0.15, 0.2) is 6.61 Å². The second-order valence-electron chi connectivity index (χ2n) is 4.23. The maximum atomic E-state index is 13.3. The number of nitrogens with one attached hydrogen (secondary N) is 1. The molecule has 2 aromatic carbocycles. The molecule has 0 heterocycles. The van der Waals surface area contributed by atoms with Gasteiger partial charge in [-0.2, -0.15) is 0 Å². The van der Waals surface area contributed by atoms with Gasteiger partial charge in [-0.15, -0.1) is 0 Å². The van der Waals surface area contributed by atoms with Crippen LogP contribution in [0.3, 0.4) is 0 Å². The molecule has 0 aromatic heterocycles. The van der Waals surface area contributed by atoms with Crippen molar-refractivity contribution < 1.29 is 18.3 Å². The summed E-state index contributed by atoms with van der Waals surface area (Å²) in [4.78, 5) is 11.6. The summed E-state index contributed by atoms with van der Waals surface area (Å²) in [7, 11) is 0. The fraction of sp³-hybridized carbons (Fsp3) is 0.133. The van der Waals surface area contributed by atoms with Crippen molar-refractivity contribution in [1.29, 1.82) is 0 Å². The van der Waals surface area contributed by atoms with E-state index in [2.05, 4.69) is 5.32 Å². The molecule has 0 spiro atoms. The first-order chi connectivity index (χ1) is 9.56. The Morgan fingerprint density at radius 2 is 1.95 bits per heavy atom. The first-order valence-electron chi connectivity index (χ1n) is 5.99. The Kier molecular flexibility index (Phi) is 4.30. The molecule has 20 heavy (non-hydrogen) atoms. The lowest BCUT2D eigenvalue weighted by atomic mass is 10.2. The summed E-state index contributed by atoms with van der Waals surface area (Å²) in [6, 6.07) is 9.88. The van der Waals surface area contributed by atoms with Gasteiger partial charge in [0.1, 0.15) is 17.4 Å². The number of para-hydroxylation sites is 1. The van der Waals surface area contributed by atoms with Gasteiger partial charge in [0.2, 0.25) is 0 Å². The third-order valence-electron chi connectivity index (χ3n) is 2.66. The molecule has 0 unspecified atom stereocenters. The molecule has 0 aliphatic heterocycles. The van der Waals surface area contributed by atoms with Crippen LogP contribution in [0.25, 0.3) is 0 Å². The minimum atomic E-state index is -0.525. The molecule has 0 atom stereocenters. The lowest BCUT2D eigenvalue weighted by molar-refractivity contribution is -0.118. The van der Waals surface area contributed by atoms with Gasteiger partial charge in [-0.1, -0.05) is 18.2 Å². The number of aryl methyl sites for hydroxylation is 1. The molecular weight excluding hydrogens is 264 g/mol. The third kappa shape index (κ3) is 3.54. The molecule has 1 N–H and O–H groups in total. The van der Waals surface area contributed by atoms with Crippen molar-refractivity contribution in [1.82, 2.24) is 0 Å². The van der Waals surface area contributed by atoms with Gasteiger partial charge < -0.3 is 10.1 Å². The Balaban J connectivity index is 1.96. The Morgan fingerprint density at radius 1 is 1.20 bits per heavy atom. The minimum Gasteiger partial charge on any atom is -0.483 e. The molecule has 1 amide bonds. The standard InChI is InChI=1S/C15H13F2NO2/c1-10-6-7-11(16)8-14(10)20-9-15(19)18-13-5-3-2-4-12(13)17/h2-8H,9H2,1H3,(H,18,19). The second kappa shape index (κ2) is 6.14. The monoisotopic (exact) mass is 277 g/mol. The van der Waals surface area contributed by atoms with Crippen LogP contribution >= 0.6 is 0 Å². The predicted octanol–water partition coefficient (Wildman–Crippen LogP) is 3.29. The Labute approximate surface area is 115 Å². The van der Waals surface area contributed by atoms with E-state index in [0.29, 0.717) is 5.56 Å². The molecule has 0 fully saturated rings. The Morgan fingerprint density at radius 3 is 2.70 bits per heavy atom. The van der Waals surface area contributed by atoms with E-state index >= 15 is 0 Å². The molecule has 0 aliphatic rings. The second-order valence-corrected chi connectivity index (χ2v) is 4.23. The van der Waals surface area contributed by atoms with E-state index < -0.39 is 17.5 Å². The van der Waals surface area contributed by atoms with E-state index in [1.807, 2.05) is 0 Å². The highest BCUT2D eigenvalue weighted by Gasteiger charge is 2.08. The van der Waals surface area contributed by atoms with Crippen molar-refractivity contribution in [2.45, 2.75) is 6.92 Å². The number of hydrogen-bond acceptors (Lipinski definition) is 2. The molecule has 0 saturated heterocycles. The summed E-state index contributed by atoms with van der Waals surface area (Å²) >= 11 is 0. The largest absolute Gasteiger partial charge is 0.483 e. The lowest BCUT2D eigenvalue weighted by Gasteiger charge is -2.10. The summed E-state index contributed by atoms with van der Waals surface area (Å²) in [5.41, 5.74) is 0.794. The van der Waals surface area contributed by atoms with Gasteiger partial charge in [0.25, 0.3) is 5.91 Å². The van der Waals surface area contributed by atoms with Gasteiger partial charge in [-0.3, -0.25) is 4.79 Å². The molecule has 104 valence electrons. The zero-order chi connectivity index (χ0) is 14.5. The van der Waals surface area contributed by atoms with Crippen molar-refractivity contribution in [3.05, 3.63) is 59.7 Å². The SMILES string of the molecule is Cc1ccc(F)cc1OCC(=O)Nc1ccccc1F. The molecular formula is C15H13F2NO2. The Bertz CT molecular complexity index is 629. The highest BCUT2D eigenvalue weighted by molar-refractivity contribution is 5.91. The zero-order valence-electron chi connectivity index (χ0n) is 10.8. The minimum absolute atomic E-state index is 0.0806. The molecule has 5 heteroatoms. The number of rotatable bonds is 4. The number of hydrogen-bond donors (Lipinski definition) is 1. The van der Waals surface area contributed by atoms with Crippen LogP contribution in [-0.2, 0) is 4.79 Å². The van der Waals surface area contributed by atoms with Crippen LogP contribution in [0.1, 0.15) is 5.56 Å². The molecule has 0 saturated carbocycles. The number of anilines is 1. The maximum absolute atomic E-state index is 13.3. The van der Waals surface area contributed by atoms with Crippen LogP contribution < -0.4 is 10.1 Å². The summed E-state index contributed by atoms with van der Waals surface area (Å²) < 4.78 is 31.6. The van der Waals surface area contributed by atoms with E-state index in [4.69, 9.17) is 4.74 Å². The summed E-state index contributed by atoms with van der Waals surface area (Å²) in [6.45, 7) is 1.42. The zero-order valence-corrected chi connectivity index (χ0v) is 10.8.